The van der Waals surface area contributed by atoms with Crippen molar-refractivity contribution < 1.29 is 4.21 Å². The molecule has 0 radical (unpaired) electrons. The molecule has 24 heavy (non-hydrogen) atoms. The summed E-state index contributed by atoms with van der Waals surface area (Å²) in [5.41, 5.74) is 1.27. The fraction of sp³-hybridized carbons (Fsp3) is 0.421. The van der Waals surface area contributed by atoms with E-state index >= 15 is 0 Å². The highest BCUT2D eigenvalue weighted by atomic mass is 32.2. The van der Waals surface area contributed by atoms with Crippen LogP contribution >= 0.6 is 0 Å². The van der Waals surface area contributed by atoms with Gasteiger partial charge in [-0.2, -0.15) is 0 Å². The zero-order chi connectivity index (χ0) is 16.8. The largest absolute Gasteiger partial charge is 0.300 e. The van der Waals surface area contributed by atoms with Gasteiger partial charge in [-0.05, 0) is 30.7 Å². The van der Waals surface area contributed by atoms with Crippen molar-refractivity contribution in [2.75, 3.05) is 38.5 Å². The molecule has 2 atom stereocenters. The van der Waals surface area contributed by atoms with Crippen molar-refractivity contribution in [1.82, 2.24) is 14.8 Å². The Labute approximate surface area is 147 Å². The molecule has 4 nitrogen and oxygen atoms in total. The molecular weight excluding hydrogens is 318 g/mol. The Morgan fingerprint density at radius 1 is 1.08 bits per heavy atom. The zero-order valence-electron chi connectivity index (χ0n) is 14.2. The Bertz CT molecular complexity index is 642. The zero-order valence-corrected chi connectivity index (χ0v) is 15.0. The summed E-state index contributed by atoms with van der Waals surface area (Å²) in [6, 6.07) is 14.3. The lowest BCUT2D eigenvalue weighted by Crippen LogP contribution is -2.48. The summed E-state index contributed by atoms with van der Waals surface area (Å²) in [4.78, 5) is 10.1. The highest BCUT2D eigenvalue weighted by molar-refractivity contribution is 7.85. The van der Waals surface area contributed by atoms with E-state index in [0.29, 0.717) is 11.8 Å². The van der Waals surface area contributed by atoms with E-state index < -0.39 is 10.8 Å². The standard InChI is InChI=1S/C19H25N3OS/c1-17(18-6-5-9-20-16-18)22-12-10-21(11-13-22)14-15-24(23)19-7-3-2-4-8-19/h2-9,16-17H,10-15H2,1H3. The van der Waals surface area contributed by atoms with Gasteiger partial charge in [-0.3, -0.25) is 19.0 Å². The second kappa shape index (κ2) is 8.51. The molecule has 2 unspecified atom stereocenters. The molecule has 0 spiro atoms. The van der Waals surface area contributed by atoms with Gasteiger partial charge in [0.1, 0.15) is 0 Å². The quantitative estimate of drug-likeness (QED) is 0.808. The highest BCUT2D eigenvalue weighted by Crippen LogP contribution is 2.20. The maximum Gasteiger partial charge on any atom is 0.0542 e. The van der Waals surface area contributed by atoms with Crippen LogP contribution in [0.25, 0.3) is 0 Å². The van der Waals surface area contributed by atoms with E-state index in [-0.39, 0.29) is 0 Å². The van der Waals surface area contributed by atoms with Gasteiger partial charge >= 0.3 is 0 Å². The normalized spacial score (nSPS) is 19.0. The topological polar surface area (TPSA) is 36.4 Å². The predicted molar refractivity (Wildman–Crippen MR) is 98.4 cm³/mol. The first-order valence-corrected chi connectivity index (χ1v) is 9.85. The lowest BCUT2D eigenvalue weighted by molar-refractivity contribution is 0.106. The van der Waals surface area contributed by atoms with Crippen molar-refractivity contribution in [3.8, 4) is 0 Å². The average Bonchev–Trinajstić information content (AvgIpc) is 2.67. The SMILES string of the molecule is CC(c1cccnc1)N1CCN(CCS(=O)c2ccccc2)CC1. The van der Waals surface area contributed by atoms with Crippen molar-refractivity contribution >= 4 is 10.8 Å². The third-order valence-electron chi connectivity index (χ3n) is 4.72. The first kappa shape index (κ1) is 17.3. The first-order valence-electron chi connectivity index (χ1n) is 8.54. The predicted octanol–water partition coefficient (Wildman–Crippen LogP) is 2.57. The summed E-state index contributed by atoms with van der Waals surface area (Å²) in [6.07, 6.45) is 3.78. The second-order valence-corrected chi connectivity index (χ2v) is 7.77. The molecule has 2 aromatic rings. The van der Waals surface area contributed by atoms with Crippen LogP contribution in [-0.4, -0.2) is 57.5 Å². The van der Waals surface area contributed by atoms with Crippen molar-refractivity contribution in [3.63, 3.8) is 0 Å². The van der Waals surface area contributed by atoms with E-state index in [2.05, 4.69) is 27.8 Å². The maximum atomic E-state index is 12.3. The van der Waals surface area contributed by atoms with Gasteiger partial charge in [-0.15, -0.1) is 0 Å². The van der Waals surface area contributed by atoms with Gasteiger partial charge in [0.25, 0.3) is 0 Å². The number of piperazine rings is 1. The molecule has 0 aliphatic carbocycles. The molecule has 0 bridgehead atoms. The van der Waals surface area contributed by atoms with Gasteiger partial charge < -0.3 is 0 Å². The molecule has 1 saturated heterocycles. The Hall–Kier alpha value is -1.56. The van der Waals surface area contributed by atoms with Crippen LogP contribution < -0.4 is 0 Å². The van der Waals surface area contributed by atoms with Crippen LogP contribution in [0.15, 0.2) is 59.8 Å². The van der Waals surface area contributed by atoms with E-state index in [0.717, 1.165) is 37.6 Å². The summed E-state index contributed by atoms with van der Waals surface area (Å²) in [7, 11) is -0.896. The third-order valence-corrected chi connectivity index (χ3v) is 6.07. The van der Waals surface area contributed by atoms with Crippen LogP contribution in [0.5, 0.6) is 0 Å². The molecule has 0 amide bonds. The number of aromatic nitrogens is 1. The summed E-state index contributed by atoms with van der Waals surface area (Å²) in [5.74, 6) is 0.710. The molecule has 1 fully saturated rings. The first-order chi connectivity index (χ1) is 11.7. The fourth-order valence-electron chi connectivity index (χ4n) is 3.11. The van der Waals surface area contributed by atoms with Gasteiger partial charge in [-0.25, -0.2) is 0 Å². The minimum absolute atomic E-state index is 0.402. The fourth-order valence-corrected chi connectivity index (χ4v) is 4.23. The number of hydrogen-bond donors (Lipinski definition) is 0. The summed E-state index contributed by atoms with van der Waals surface area (Å²) < 4.78 is 12.3. The Kier molecular flexibility index (Phi) is 6.12. The van der Waals surface area contributed by atoms with E-state index in [1.54, 1.807) is 0 Å². The number of hydrogen-bond acceptors (Lipinski definition) is 4. The van der Waals surface area contributed by atoms with Gasteiger partial charge in [0.15, 0.2) is 0 Å². The van der Waals surface area contributed by atoms with E-state index in [1.807, 2.05) is 48.8 Å². The van der Waals surface area contributed by atoms with E-state index in [1.165, 1.54) is 5.56 Å². The smallest absolute Gasteiger partial charge is 0.0542 e. The Morgan fingerprint density at radius 2 is 1.83 bits per heavy atom. The van der Waals surface area contributed by atoms with Crippen LogP contribution in [0, 0.1) is 0 Å². The Balaban J connectivity index is 1.45. The third kappa shape index (κ3) is 4.50. The van der Waals surface area contributed by atoms with E-state index in [9.17, 15) is 4.21 Å². The van der Waals surface area contributed by atoms with Crippen LogP contribution in [0.3, 0.4) is 0 Å². The number of pyridine rings is 1. The number of benzene rings is 1. The molecule has 1 aromatic heterocycles. The van der Waals surface area contributed by atoms with Crippen molar-refractivity contribution in [3.05, 3.63) is 60.4 Å². The molecule has 1 aliphatic heterocycles. The molecule has 3 rings (SSSR count). The highest BCUT2D eigenvalue weighted by Gasteiger charge is 2.22. The maximum absolute atomic E-state index is 12.3. The van der Waals surface area contributed by atoms with E-state index in [4.69, 9.17) is 0 Å². The van der Waals surface area contributed by atoms with Gasteiger partial charge in [0, 0.05) is 61.8 Å². The summed E-state index contributed by atoms with van der Waals surface area (Å²) in [6.45, 7) is 7.32. The summed E-state index contributed by atoms with van der Waals surface area (Å²) >= 11 is 0. The van der Waals surface area contributed by atoms with Crippen molar-refractivity contribution in [2.45, 2.75) is 17.9 Å². The molecule has 2 heterocycles. The molecule has 0 N–H and O–H groups in total. The van der Waals surface area contributed by atoms with Crippen molar-refractivity contribution in [1.29, 1.82) is 0 Å². The number of nitrogens with zero attached hydrogens (tertiary/aromatic N) is 3. The van der Waals surface area contributed by atoms with Crippen molar-refractivity contribution in [2.24, 2.45) is 0 Å². The van der Waals surface area contributed by atoms with Gasteiger partial charge in [0.05, 0.1) is 10.8 Å². The lowest BCUT2D eigenvalue weighted by atomic mass is 10.1. The molecular formula is C19H25N3OS. The summed E-state index contributed by atoms with van der Waals surface area (Å²) in [5, 5.41) is 0. The molecule has 5 heteroatoms. The van der Waals surface area contributed by atoms with Crippen LogP contribution in [0.4, 0.5) is 0 Å². The van der Waals surface area contributed by atoms with Crippen LogP contribution in [0.2, 0.25) is 0 Å². The molecule has 1 aromatic carbocycles. The second-order valence-electron chi connectivity index (χ2n) is 6.20. The monoisotopic (exact) mass is 343 g/mol. The molecule has 1 aliphatic rings. The lowest BCUT2D eigenvalue weighted by Gasteiger charge is -2.38. The molecule has 0 saturated carbocycles. The molecule has 128 valence electrons. The minimum atomic E-state index is -0.896. The van der Waals surface area contributed by atoms with Gasteiger partial charge in [0.2, 0.25) is 0 Å². The Morgan fingerprint density at radius 3 is 2.50 bits per heavy atom. The average molecular weight is 343 g/mol. The minimum Gasteiger partial charge on any atom is -0.300 e. The van der Waals surface area contributed by atoms with Gasteiger partial charge in [-0.1, -0.05) is 24.3 Å². The van der Waals surface area contributed by atoms with Crippen LogP contribution in [0.1, 0.15) is 18.5 Å². The van der Waals surface area contributed by atoms with Crippen LogP contribution in [-0.2, 0) is 10.8 Å². The number of rotatable bonds is 6.